The lowest BCUT2D eigenvalue weighted by Crippen LogP contribution is -2.40. The first-order chi connectivity index (χ1) is 22.5. The molecule has 0 saturated heterocycles. The second-order valence-corrected chi connectivity index (χ2v) is 13.9. The summed E-state index contributed by atoms with van der Waals surface area (Å²) in [5, 5.41) is 0.906. The molecule has 1 aliphatic heterocycles. The van der Waals surface area contributed by atoms with E-state index in [1.807, 2.05) is 12.1 Å². The molecule has 1 aliphatic rings. The highest BCUT2D eigenvalue weighted by Crippen LogP contribution is 2.41. The van der Waals surface area contributed by atoms with Crippen molar-refractivity contribution < 1.29 is 28.5 Å². The van der Waals surface area contributed by atoms with Gasteiger partial charge in [0.05, 0.1) is 63.4 Å². The maximum atomic E-state index is 14.2. The molecule has 14 heteroatoms. The summed E-state index contributed by atoms with van der Waals surface area (Å²) >= 11 is 19.2. The van der Waals surface area contributed by atoms with Crippen molar-refractivity contribution in [2.24, 2.45) is 4.99 Å². The first-order valence-electron chi connectivity index (χ1n) is 14.1. The average molecular weight is 874 g/mol. The van der Waals surface area contributed by atoms with E-state index in [0.717, 1.165) is 9.13 Å². The van der Waals surface area contributed by atoms with Crippen LogP contribution in [-0.4, -0.2) is 38.5 Å². The molecule has 47 heavy (non-hydrogen) atoms. The Balaban J connectivity index is 1.61. The minimum absolute atomic E-state index is 0.160. The maximum absolute atomic E-state index is 14.2. The summed E-state index contributed by atoms with van der Waals surface area (Å²) in [5.74, 6) is 1.40. The van der Waals surface area contributed by atoms with Gasteiger partial charge in [0, 0.05) is 4.47 Å². The van der Waals surface area contributed by atoms with Crippen LogP contribution in [0.4, 0.5) is 0 Å². The summed E-state index contributed by atoms with van der Waals surface area (Å²) in [4.78, 5) is 32.6. The molecule has 0 amide bonds. The molecule has 0 spiro atoms. The maximum Gasteiger partial charge on any atom is 0.338 e. The number of rotatable bonds is 10. The third kappa shape index (κ3) is 7.21. The van der Waals surface area contributed by atoms with Gasteiger partial charge < -0.3 is 23.7 Å². The molecule has 0 bridgehead atoms. The lowest BCUT2D eigenvalue weighted by molar-refractivity contribution is -0.139. The predicted molar refractivity (Wildman–Crippen MR) is 194 cm³/mol. The first-order valence-corrected chi connectivity index (χ1v) is 17.5. The zero-order valence-corrected chi connectivity index (χ0v) is 31.9. The van der Waals surface area contributed by atoms with Gasteiger partial charge in [0.1, 0.15) is 6.61 Å². The van der Waals surface area contributed by atoms with Crippen LogP contribution in [0, 0.1) is 3.57 Å². The van der Waals surface area contributed by atoms with E-state index < -0.39 is 12.0 Å². The average Bonchev–Trinajstić information content (AvgIpc) is 3.34. The molecule has 2 heterocycles. The molecule has 0 radical (unpaired) electrons. The van der Waals surface area contributed by atoms with E-state index in [1.54, 1.807) is 57.4 Å². The van der Waals surface area contributed by atoms with E-state index in [2.05, 4.69) is 43.5 Å². The SMILES string of the molecule is CCOC(=O)C1=C(C)N=c2s/c(=C\c3cc(I)c(OCc4ccc(Cl)c(Cl)c4)c(OC)c3)c(=O)n2[C@@H]1c1cc(OC)c(OC)cc1Br. The monoisotopic (exact) mass is 872 g/mol. The van der Waals surface area contributed by atoms with Gasteiger partial charge in [-0.3, -0.25) is 9.36 Å². The van der Waals surface area contributed by atoms with Gasteiger partial charge in [0.15, 0.2) is 27.8 Å². The Hall–Kier alpha value is -3.04. The molecule has 0 saturated carbocycles. The summed E-state index contributed by atoms with van der Waals surface area (Å²) in [7, 11) is 4.61. The number of allylic oxidation sites excluding steroid dienone is 1. The normalized spacial score (nSPS) is 14.4. The van der Waals surface area contributed by atoms with Crippen LogP contribution < -0.4 is 33.8 Å². The highest BCUT2D eigenvalue weighted by Gasteiger charge is 2.35. The van der Waals surface area contributed by atoms with Crippen molar-refractivity contribution in [1.29, 1.82) is 0 Å². The minimum Gasteiger partial charge on any atom is -0.493 e. The number of carbonyl (C=O) groups is 1. The molecule has 246 valence electrons. The Kier molecular flexibility index (Phi) is 11.3. The van der Waals surface area contributed by atoms with Crippen LogP contribution in [-0.2, 0) is 16.1 Å². The van der Waals surface area contributed by atoms with E-state index in [9.17, 15) is 9.59 Å². The van der Waals surface area contributed by atoms with Crippen LogP contribution in [0.1, 0.15) is 36.6 Å². The Morgan fingerprint density at radius 2 is 1.74 bits per heavy atom. The standard InChI is InChI=1S/C33H28BrCl2IN2O7S/c1-6-45-32(41)28-16(2)38-33-39(29(28)19-13-24(42-3)25(43-4)14-20(19)34)31(40)27(47-33)12-18-10-23(37)30(26(11-18)44-5)46-15-17-7-8-21(35)22(36)9-17/h7-14,29H,6,15H2,1-5H3/b27-12-/t29-/m1/s1. The predicted octanol–water partition coefficient (Wildman–Crippen LogP) is 7.08. The van der Waals surface area contributed by atoms with Crippen LogP contribution in [0.3, 0.4) is 0 Å². The first kappa shape index (κ1) is 35.3. The molecule has 0 N–H and O–H groups in total. The van der Waals surface area contributed by atoms with Gasteiger partial charge in [-0.05, 0) is 95.6 Å². The number of thiazole rings is 1. The zero-order chi connectivity index (χ0) is 34.0. The fraction of sp³-hybridized carbons (Fsp3) is 0.242. The molecule has 0 aliphatic carbocycles. The lowest BCUT2D eigenvalue weighted by Gasteiger charge is -2.26. The van der Waals surface area contributed by atoms with Crippen molar-refractivity contribution >= 4 is 85.1 Å². The van der Waals surface area contributed by atoms with Gasteiger partial charge in [-0.25, -0.2) is 9.79 Å². The van der Waals surface area contributed by atoms with Gasteiger partial charge in [0.25, 0.3) is 5.56 Å². The Morgan fingerprint density at radius 3 is 2.40 bits per heavy atom. The largest absolute Gasteiger partial charge is 0.493 e. The fourth-order valence-corrected chi connectivity index (χ4v) is 7.75. The van der Waals surface area contributed by atoms with Crippen molar-refractivity contribution in [3.8, 4) is 23.0 Å². The zero-order valence-electron chi connectivity index (χ0n) is 25.8. The van der Waals surface area contributed by atoms with Crippen LogP contribution >= 0.6 is 73.1 Å². The topological polar surface area (TPSA) is 97.6 Å². The van der Waals surface area contributed by atoms with Gasteiger partial charge in [0.2, 0.25) is 0 Å². The molecular formula is C33H28BrCl2IN2O7S. The molecule has 5 rings (SSSR count). The van der Waals surface area contributed by atoms with E-state index in [1.165, 1.54) is 30.1 Å². The van der Waals surface area contributed by atoms with E-state index >= 15 is 0 Å². The number of esters is 1. The molecule has 0 unspecified atom stereocenters. The molecule has 0 fully saturated rings. The third-order valence-electron chi connectivity index (χ3n) is 7.23. The van der Waals surface area contributed by atoms with Crippen LogP contribution in [0.2, 0.25) is 10.0 Å². The van der Waals surface area contributed by atoms with Gasteiger partial charge in [-0.1, -0.05) is 56.5 Å². The Labute approximate surface area is 306 Å². The number of methoxy groups -OCH3 is 3. The molecule has 4 aromatic rings. The van der Waals surface area contributed by atoms with Crippen LogP contribution in [0.15, 0.2) is 68.0 Å². The molecule has 1 aromatic heterocycles. The van der Waals surface area contributed by atoms with Gasteiger partial charge in [-0.15, -0.1) is 0 Å². The van der Waals surface area contributed by atoms with Crippen LogP contribution in [0.25, 0.3) is 6.08 Å². The van der Waals surface area contributed by atoms with Crippen LogP contribution in [0.5, 0.6) is 23.0 Å². The summed E-state index contributed by atoms with van der Waals surface area (Å²) < 4.78 is 31.5. The molecule has 3 aromatic carbocycles. The fourth-order valence-electron chi connectivity index (χ4n) is 5.06. The van der Waals surface area contributed by atoms with Crippen molar-refractivity contribution in [2.45, 2.75) is 26.5 Å². The highest BCUT2D eigenvalue weighted by molar-refractivity contribution is 14.1. The van der Waals surface area contributed by atoms with Crippen molar-refractivity contribution in [3.05, 3.63) is 108 Å². The van der Waals surface area contributed by atoms with E-state index in [0.29, 0.717) is 63.7 Å². The number of ether oxygens (including phenoxy) is 5. The van der Waals surface area contributed by atoms with E-state index in [4.69, 9.17) is 46.9 Å². The quantitative estimate of drug-likeness (QED) is 0.124. The third-order valence-corrected chi connectivity index (χ3v) is 10.4. The second-order valence-electron chi connectivity index (χ2n) is 10.1. The number of halogens is 4. The van der Waals surface area contributed by atoms with Gasteiger partial charge >= 0.3 is 5.97 Å². The summed E-state index contributed by atoms with van der Waals surface area (Å²) in [6.07, 6.45) is 1.77. The molecule has 9 nitrogen and oxygen atoms in total. The summed E-state index contributed by atoms with van der Waals surface area (Å²) in [6.45, 7) is 3.86. The van der Waals surface area contributed by atoms with Crippen molar-refractivity contribution in [2.75, 3.05) is 27.9 Å². The smallest absolute Gasteiger partial charge is 0.338 e. The number of nitrogens with zero attached hydrogens (tertiary/aromatic N) is 2. The number of carbonyl (C=O) groups excluding carboxylic acids is 1. The molecule has 1 atom stereocenters. The Morgan fingerprint density at radius 1 is 1.04 bits per heavy atom. The highest BCUT2D eigenvalue weighted by atomic mass is 127. The number of fused-ring (bicyclic) bond motifs is 1. The van der Waals surface area contributed by atoms with Crippen molar-refractivity contribution in [3.63, 3.8) is 0 Å². The van der Waals surface area contributed by atoms with Crippen molar-refractivity contribution in [1.82, 2.24) is 4.57 Å². The lowest BCUT2D eigenvalue weighted by atomic mass is 9.95. The minimum atomic E-state index is -0.853. The summed E-state index contributed by atoms with van der Waals surface area (Å²) in [5.41, 5.74) is 2.52. The van der Waals surface area contributed by atoms with E-state index in [-0.39, 0.29) is 24.3 Å². The number of aromatic nitrogens is 1. The number of hydrogen-bond acceptors (Lipinski definition) is 9. The second kappa shape index (κ2) is 15.0. The molecular weight excluding hydrogens is 846 g/mol. The number of hydrogen-bond donors (Lipinski definition) is 0. The summed E-state index contributed by atoms with van der Waals surface area (Å²) in [6, 6.07) is 11.6. The van der Waals surface area contributed by atoms with Gasteiger partial charge in [-0.2, -0.15) is 0 Å². The number of benzene rings is 3. The Bertz CT molecular complexity index is 2100.